The van der Waals surface area contributed by atoms with Crippen LogP contribution in [0.25, 0.3) is 0 Å². The Hall–Kier alpha value is -0.380. The van der Waals surface area contributed by atoms with Crippen molar-refractivity contribution >= 4 is 0 Å². The van der Waals surface area contributed by atoms with E-state index in [-0.39, 0.29) is 11.2 Å². The molecule has 0 N–H and O–H groups in total. The minimum atomic E-state index is -0.284. The van der Waals surface area contributed by atoms with Crippen molar-refractivity contribution in [2.75, 3.05) is 26.9 Å². The Morgan fingerprint density at radius 1 is 1.24 bits per heavy atom. The highest BCUT2D eigenvalue weighted by Crippen LogP contribution is 2.28. The van der Waals surface area contributed by atoms with Gasteiger partial charge in [-0.15, -0.1) is 0 Å². The van der Waals surface area contributed by atoms with Gasteiger partial charge in [-0.3, -0.25) is 0 Å². The van der Waals surface area contributed by atoms with Crippen molar-refractivity contribution in [3.05, 3.63) is 11.6 Å². The average molecular weight is 242 g/mol. The minimum Gasteiger partial charge on any atom is -0.377 e. The van der Waals surface area contributed by atoms with Crippen LogP contribution in [0.4, 0.5) is 0 Å². The van der Waals surface area contributed by atoms with E-state index < -0.39 is 0 Å². The fraction of sp³-hybridized carbons (Fsp3) is 0.857. The van der Waals surface area contributed by atoms with Crippen LogP contribution in [-0.4, -0.2) is 38.1 Å². The highest BCUT2D eigenvalue weighted by molar-refractivity contribution is 5.04. The zero-order valence-corrected chi connectivity index (χ0v) is 11.8. The van der Waals surface area contributed by atoms with Gasteiger partial charge in [0.1, 0.15) is 0 Å². The first-order chi connectivity index (χ1) is 7.89. The van der Waals surface area contributed by atoms with E-state index in [0.717, 1.165) is 32.7 Å². The predicted octanol–water partition coefficient (Wildman–Crippen LogP) is 2.94. The maximum absolute atomic E-state index is 5.98. The van der Waals surface area contributed by atoms with Crippen molar-refractivity contribution in [1.82, 2.24) is 0 Å². The van der Waals surface area contributed by atoms with Gasteiger partial charge in [0.05, 0.1) is 31.0 Å². The average Bonchev–Trinajstić information content (AvgIpc) is 2.30. The molecule has 0 aromatic rings. The summed E-state index contributed by atoms with van der Waals surface area (Å²) in [7, 11) is 1.73. The van der Waals surface area contributed by atoms with Crippen LogP contribution >= 0.6 is 0 Å². The quantitative estimate of drug-likeness (QED) is 0.670. The maximum Gasteiger partial charge on any atom is 0.0909 e. The number of ether oxygens (including phenoxy) is 3. The molecule has 0 unspecified atom stereocenters. The second kappa shape index (κ2) is 5.98. The molecular weight excluding hydrogens is 216 g/mol. The van der Waals surface area contributed by atoms with E-state index in [0.29, 0.717) is 0 Å². The minimum absolute atomic E-state index is 0.281. The Balaban J connectivity index is 2.37. The summed E-state index contributed by atoms with van der Waals surface area (Å²) in [5, 5.41) is 0. The lowest BCUT2D eigenvalue weighted by Crippen LogP contribution is -2.48. The number of rotatable bonds is 6. The van der Waals surface area contributed by atoms with Gasteiger partial charge in [-0.25, -0.2) is 0 Å². The lowest BCUT2D eigenvalue weighted by atomic mass is 9.89. The summed E-state index contributed by atoms with van der Waals surface area (Å²) in [5.74, 6) is 0. The monoisotopic (exact) mass is 242 g/mol. The van der Waals surface area contributed by atoms with Crippen molar-refractivity contribution in [3.8, 4) is 0 Å². The van der Waals surface area contributed by atoms with Gasteiger partial charge in [-0.1, -0.05) is 11.6 Å². The first kappa shape index (κ1) is 14.7. The fourth-order valence-corrected chi connectivity index (χ4v) is 1.65. The molecule has 0 aromatic carbocycles. The molecule has 1 rings (SSSR count). The van der Waals surface area contributed by atoms with Crippen molar-refractivity contribution < 1.29 is 14.2 Å². The van der Waals surface area contributed by atoms with E-state index in [1.54, 1.807) is 7.11 Å². The molecule has 3 heteroatoms. The topological polar surface area (TPSA) is 27.7 Å². The SMILES string of the molecule is COC(C)(C)C(C)(C)OCCC1=CCOCC1. The largest absolute Gasteiger partial charge is 0.377 e. The van der Waals surface area contributed by atoms with Crippen LogP contribution in [0.3, 0.4) is 0 Å². The first-order valence-electron chi connectivity index (χ1n) is 6.34. The molecule has 0 fully saturated rings. The lowest BCUT2D eigenvalue weighted by molar-refractivity contribution is -0.162. The molecule has 0 aliphatic carbocycles. The van der Waals surface area contributed by atoms with Crippen LogP contribution in [0.1, 0.15) is 40.5 Å². The third-order valence-electron chi connectivity index (χ3n) is 3.90. The molecule has 0 atom stereocenters. The van der Waals surface area contributed by atoms with Crippen molar-refractivity contribution in [1.29, 1.82) is 0 Å². The molecule has 1 aliphatic heterocycles. The Bertz CT molecular complexity index is 267. The van der Waals surface area contributed by atoms with Crippen LogP contribution in [0.5, 0.6) is 0 Å². The molecule has 0 bridgehead atoms. The molecule has 0 amide bonds. The van der Waals surface area contributed by atoms with Crippen LogP contribution in [0.15, 0.2) is 11.6 Å². The summed E-state index contributed by atoms with van der Waals surface area (Å²) in [6.45, 7) is 10.6. The van der Waals surface area contributed by atoms with Crippen molar-refractivity contribution in [3.63, 3.8) is 0 Å². The number of methoxy groups -OCH3 is 1. The van der Waals surface area contributed by atoms with Crippen LogP contribution in [-0.2, 0) is 14.2 Å². The van der Waals surface area contributed by atoms with Gasteiger partial charge in [0.2, 0.25) is 0 Å². The zero-order valence-electron chi connectivity index (χ0n) is 11.8. The van der Waals surface area contributed by atoms with Crippen LogP contribution in [0.2, 0.25) is 0 Å². The molecule has 0 saturated heterocycles. The molecule has 100 valence electrons. The molecule has 0 spiro atoms. The molecule has 1 aliphatic rings. The Labute approximate surface area is 105 Å². The predicted molar refractivity (Wildman–Crippen MR) is 69.3 cm³/mol. The van der Waals surface area contributed by atoms with Crippen molar-refractivity contribution in [2.24, 2.45) is 0 Å². The highest BCUT2D eigenvalue weighted by Gasteiger charge is 2.38. The van der Waals surface area contributed by atoms with Gasteiger partial charge in [-0.05, 0) is 40.5 Å². The molecule has 1 heterocycles. The van der Waals surface area contributed by atoms with Gasteiger partial charge in [-0.2, -0.15) is 0 Å². The normalized spacial score (nSPS) is 18.1. The van der Waals surface area contributed by atoms with E-state index >= 15 is 0 Å². The summed E-state index contributed by atoms with van der Waals surface area (Å²) in [4.78, 5) is 0. The number of hydrogen-bond donors (Lipinski definition) is 0. The zero-order chi connectivity index (χ0) is 12.9. The van der Waals surface area contributed by atoms with Gasteiger partial charge in [0.25, 0.3) is 0 Å². The molecular formula is C14H26O3. The summed E-state index contributed by atoms with van der Waals surface area (Å²) in [5.41, 5.74) is 0.882. The molecule has 3 nitrogen and oxygen atoms in total. The fourth-order valence-electron chi connectivity index (χ4n) is 1.65. The summed E-state index contributed by atoms with van der Waals surface area (Å²) in [6.07, 6.45) is 4.20. The van der Waals surface area contributed by atoms with E-state index in [9.17, 15) is 0 Å². The first-order valence-corrected chi connectivity index (χ1v) is 6.34. The third-order valence-corrected chi connectivity index (χ3v) is 3.90. The molecule has 0 radical (unpaired) electrons. The maximum atomic E-state index is 5.98. The van der Waals surface area contributed by atoms with E-state index in [2.05, 4.69) is 33.8 Å². The summed E-state index contributed by atoms with van der Waals surface area (Å²) < 4.78 is 16.7. The van der Waals surface area contributed by atoms with E-state index in [1.807, 2.05) is 0 Å². The van der Waals surface area contributed by atoms with Gasteiger partial charge in [0, 0.05) is 7.11 Å². The van der Waals surface area contributed by atoms with Gasteiger partial charge >= 0.3 is 0 Å². The van der Waals surface area contributed by atoms with E-state index in [4.69, 9.17) is 14.2 Å². The van der Waals surface area contributed by atoms with Crippen LogP contribution < -0.4 is 0 Å². The second-order valence-corrected chi connectivity index (χ2v) is 5.51. The standard InChI is InChI=1S/C14H26O3/c1-13(2,15-5)14(3,4)17-11-8-12-6-9-16-10-7-12/h6H,7-11H2,1-5H3. The van der Waals surface area contributed by atoms with Crippen molar-refractivity contribution in [2.45, 2.75) is 51.7 Å². The van der Waals surface area contributed by atoms with Gasteiger partial charge < -0.3 is 14.2 Å². The Morgan fingerprint density at radius 3 is 2.47 bits per heavy atom. The van der Waals surface area contributed by atoms with E-state index in [1.165, 1.54) is 5.57 Å². The van der Waals surface area contributed by atoms with Crippen LogP contribution in [0, 0.1) is 0 Å². The summed E-state index contributed by atoms with van der Waals surface area (Å²) in [6, 6.07) is 0. The third kappa shape index (κ3) is 4.09. The Kier molecular flexibility index (Phi) is 5.17. The second-order valence-electron chi connectivity index (χ2n) is 5.51. The number of hydrogen-bond acceptors (Lipinski definition) is 3. The lowest BCUT2D eigenvalue weighted by Gasteiger charge is -2.40. The molecule has 0 aromatic heterocycles. The smallest absolute Gasteiger partial charge is 0.0909 e. The van der Waals surface area contributed by atoms with Gasteiger partial charge in [0.15, 0.2) is 0 Å². The Morgan fingerprint density at radius 2 is 1.94 bits per heavy atom. The molecule has 17 heavy (non-hydrogen) atoms. The molecule has 0 saturated carbocycles. The highest BCUT2D eigenvalue weighted by atomic mass is 16.6. The summed E-state index contributed by atoms with van der Waals surface area (Å²) >= 11 is 0.